The van der Waals surface area contributed by atoms with Gasteiger partial charge in [-0.05, 0) is 31.0 Å². The number of aliphatic hydroxyl groups is 1. The molecule has 0 bridgehead atoms. The van der Waals surface area contributed by atoms with Gasteiger partial charge in [0.2, 0.25) is 5.91 Å². The molecular formula is C28H37NO8. The van der Waals surface area contributed by atoms with Gasteiger partial charge in [-0.15, -0.1) is 0 Å². The molecule has 0 spiro atoms. The number of hydrogen-bond donors (Lipinski definition) is 1. The predicted octanol–water partition coefficient (Wildman–Crippen LogP) is 4.08. The van der Waals surface area contributed by atoms with E-state index in [0.29, 0.717) is 11.3 Å². The van der Waals surface area contributed by atoms with Crippen LogP contribution < -0.4 is 4.74 Å². The van der Waals surface area contributed by atoms with Gasteiger partial charge in [0.25, 0.3) is 0 Å². The van der Waals surface area contributed by atoms with Crippen LogP contribution in [0.1, 0.15) is 38.8 Å². The van der Waals surface area contributed by atoms with Gasteiger partial charge in [-0.25, -0.2) is 9.59 Å². The molecular weight excluding hydrogens is 478 g/mol. The minimum absolute atomic E-state index is 0.00261. The molecule has 0 saturated carbocycles. The molecule has 2 aliphatic heterocycles. The molecule has 9 nitrogen and oxygen atoms in total. The van der Waals surface area contributed by atoms with Crippen LogP contribution in [0.25, 0.3) is 0 Å². The maximum absolute atomic E-state index is 13.1. The zero-order valence-corrected chi connectivity index (χ0v) is 22.2. The first-order chi connectivity index (χ1) is 17.7. The van der Waals surface area contributed by atoms with E-state index < -0.39 is 30.2 Å². The van der Waals surface area contributed by atoms with E-state index in [1.165, 1.54) is 17.1 Å². The Morgan fingerprint density at radius 3 is 2.41 bits per heavy atom. The van der Waals surface area contributed by atoms with E-state index in [-0.39, 0.29) is 43.9 Å². The number of benzene rings is 1. The number of ether oxygens (including phenoxy) is 4. The first kappa shape index (κ1) is 29.6. The van der Waals surface area contributed by atoms with Crippen molar-refractivity contribution in [3.05, 3.63) is 65.9 Å². The van der Waals surface area contributed by atoms with E-state index in [9.17, 15) is 19.5 Å². The maximum Gasteiger partial charge on any atom is 0.508 e. The maximum atomic E-state index is 13.1. The largest absolute Gasteiger partial charge is 0.508 e. The minimum Gasteiger partial charge on any atom is -0.489 e. The Kier molecular flexibility index (Phi) is 10.9. The van der Waals surface area contributed by atoms with Gasteiger partial charge in [-0.3, -0.25) is 4.79 Å². The molecule has 0 aromatic heterocycles. The van der Waals surface area contributed by atoms with Gasteiger partial charge in [0.1, 0.15) is 37.4 Å². The number of β-lactam (4-membered cyclic amide) rings is 1. The summed E-state index contributed by atoms with van der Waals surface area (Å²) in [6.45, 7) is 16.4. The zero-order chi connectivity index (χ0) is 27.7. The second kappa shape index (κ2) is 13.6. The number of esters is 1. The summed E-state index contributed by atoms with van der Waals surface area (Å²) in [5.74, 6) is -1.28. The van der Waals surface area contributed by atoms with Gasteiger partial charge < -0.3 is 29.0 Å². The van der Waals surface area contributed by atoms with Crippen LogP contribution in [0.4, 0.5) is 4.79 Å². The van der Waals surface area contributed by atoms with Crippen LogP contribution >= 0.6 is 0 Å². The molecule has 3 rings (SSSR count). The lowest BCUT2D eigenvalue weighted by atomic mass is 9.77. The second-order valence-corrected chi connectivity index (χ2v) is 8.49. The van der Waals surface area contributed by atoms with Crippen molar-refractivity contribution < 1.29 is 38.4 Å². The molecule has 2 heterocycles. The standard InChI is InChI=1S/C26H31NO8.C2H6/c1-6-10-32-25(30)23-19(14-34-20-9-8-18(13-28)12-15(20)3)16(4)22-21(24(29)27(22)23)17(5)35-26(31)33-11-7-2;1-2/h6-9,12,16-17,21-22,28H,1-2,10-11,13-14H2,3-5H3;1-2H3. The Morgan fingerprint density at radius 1 is 1.16 bits per heavy atom. The molecule has 0 radical (unpaired) electrons. The van der Waals surface area contributed by atoms with Crippen molar-refractivity contribution in [2.75, 3.05) is 19.8 Å². The Bertz CT molecular complexity index is 1050. The van der Waals surface area contributed by atoms with Crippen molar-refractivity contribution in [3.8, 4) is 5.75 Å². The average molecular weight is 516 g/mol. The average Bonchev–Trinajstić information content (AvgIpc) is 3.14. The van der Waals surface area contributed by atoms with E-state index >= 15 is 0 Å². The third kappa shape index (κ3) is 6.40. The van der Waals surface area contributed by atoms with Crippen LogP contribution in [-0.2, 0) is 30.4 Å². The summed E-state index contributed by atoms with van der Waals surface area (Å²) >= 11 is 0. The van der Waals surface area contributed by atoms with Crippen molar-refractivity contribution >= 4 is 18.0 Å². The number of rotatable bonds is 11. The topological polar surface area (TPSA) is 112 Å². The van der Waals surface area contributed by atoms with Crippen molar-refractivity contribution in [1.29, 1.82) is 0 Å². The highest BCUT2D eigenvalue weighted by Gasteiger charge is 2.61. The molecule has 4 atom stereocenters. The summed E-state index contributed by atoms with van der Waals surface area (Å²) < 4.78 is 21.4. The van der Waals surface area contributed by atoms with Crippen LogP contribution in [0.15, 0.2) is 54.8 Å². The molecule has 37 heavy (non-hydrogen) atoms. The van der Waals surface area contributed by atoms with Crippen LogP contribution in [0.5, 0.6) is 5.75 Å². The van der Waals surface area contributed by atoms with Gasteiger partial charge in [-0.2, -0.15) is 0 Å². The molecule has 2 aliphatic rings. The van der Waals surface area contributed by atoms with E-state index in [1.807, 2.05) is 33.8 Å². The highest BCUT2D eigenvalue weighted by atomic mass is 16.7. The second-order valence-electron chi connectivity index (χ2n) is 8.49. The van der Waals surface area contributed by atoms with E-state index in [4.69, 9.17) is 18.9 Å². The van der Waals surface area contributed by atoms with Crippen LogP contribution in [-0.4, -0.2) is 60.0 Å². The lowest BCUT2D eigenvalue weighted by Crippen LogP contribution is -2.64. The molecule has 0 aliphatic carbocycles. The Balaban J connectivity index is 0.00000235. The van der Waals surface area contributed by atoms with Crippen LogP contribution in [0.2, 0.25) is 0 Å². The summed E-state index contributed by atoms with van der Waals surface area (Å²) in [7, 11) is 0. The summed E-state index contributed by atoms with van der Waals surface area (Å²) in [6.07, 6.45) is 1.21. The third-order valence-corrected chi connectivity index (χ3v) is 6.23. The fourth-order valence-electron chi connectivity index (χ4n) is 4.53. The highest BCUT2D eigenvalue weighted by Crippen LogP contribution is 2.48. The number of aliphatic hydroxyl groups excluding tert-OH is 1. The first-order valence-electron chi connectivity index (χ1n) is 12.4. The molecule has 1 saturated heterocycles. The number of fused-ring (bicyclic) bond motifs is 1. The van der Waals surface area contributed by atoms with E-state index in [1.54, 1.807) is 19.1 Å². The molecule has 4 unspecified atom stereocenters. The molecule has 1 aromatic rings. The summed E-state index contributed by atoms with van der Waals surface area (Å²) in [6, 6.07) is 4.93. The summed E-state index contributed by atoms with van der Waals surface area (Å²) in [5.41, 5.74) is 2.36. The van der Waals surface area contributed by atoms with Crippen molar-refractivity contribution in [1.82, 2.24) is 4.90 Å². The summed E-state index contributed by atoms with van der Waals surface area (Å²) in [4.78, 5) is 39.3. The Morgan fingerprint density at radius 2 is 1.81 bits per heavy atom. The quantitative estimate of drug-likeness (QED) is 0.267. The van der Waals surface area contributed by atoms with Crippen LogP contribution in [0, 0.1) is 18.8 Å². The predicted molar refractivity (Wildman–Crippen MR) is 138 cm³/mol. The lowest BCUT2D eigenvalue weighted by Gasteiger charge is -2.47. The van der Waals surface area contributed by atoms with Crippen LogP contribution in [0.3, 0.4) is 0 Å². The minimum atomic E-state index is -0.891. The number of carbonyl (C=O) groups excluding carboxylic acids is 3. The van der Waals surface area contributed by atoms with Gasteiger partial charge >= 0.3 is 12.1 Å². The number of hydrogen-bond acceptors (Lipinski definition) is 8. The van der Waals surface area contributed by atoms with E-state index in [0.717, 1.165) is 11.1 Å². The van der Waals surface area contributed by atoms with Gasteiger partial charge in [-0.1, -0.05) is 58.2 Å². The molecule has 1 fully saturated rings. The monoisotopic (exact) mass is 515 g/mol. The van der Waals surface area contributed by atoms with Crippen molar-refractivity contribution in [2.45, 2.75) is 53.4 Å². The van der Waals surface area contributed by atoms with Gasteiger partial charge in [0.15, 0.2) is 0 Å². The fourth-order valence-corrected chi connectivity index (χ4v) is 4.53. The SMILES string of the molecule is C=CCOC(=O)OC(C)C1C(=O)N2C(C(=O)OCC=C)=C(COc3ccc(CO)cc3C)C(C)C12.CC. The molecule has 9 heteroatoms. The van der Waals surface area contributed by atoms with E-state index in [2.05, 4.69) is 13.2 Å². The molecule has 1 N–H and O–H groups in total. The van der Waals surface area contributed by atoms with Crippen molar-refractivity contribution in [2.24, 2.45) is 11.8 Å². The van der Waals surface area contributed by atoms with Crippen molar-refractivity contribution in [3.63, 3.8) is 0 Å². The summed E-state index contributed by atoms with van der Waals surface area (Å²) in [5, 5.41) is 9.33. The molecule has 1 aromatic carbocycles. The Hall–Kier alpha value is -3.59. The Labute approximate surface area is 218 Å². The number of amides is 1. The normalized spacial score (nSPS) is 20.5. The lowest BCUT2D eigenvalue weighted by molar-refractivity contribution is -0.164. The molecule has 1 amide bonds. The first-order valence-corrected chi connectivity index (χ1v) is 12.4. The highest BCUT2D eigenvalue weighted by molar-refractivity contribution is 6.01. The van der Waals surface area contributed by atoms with Gasteiger partial charge in [0, 0.05) is 11.5 Å². The third-order valence-electron chi connectivity index (χ3n) is 6.23. The number of aryl methyl sites for hydroxylation is 1. The fraction of sp³-hybridized carbons (Fsp3) is 0.464. The number of nitrogens with zero attached hydrogens (tertiary/aromatic N) is 1. The smallest absolute Gasteiger partial charge is 0.489 e. The van der Waals surface area contributed by atoms with Gasteiger partial charge in [0.05, 0.1) is 18.6 Å². The zero-order valence-electron chi connectivity index (χ0n) is 22.2. The number of carbonyl (C=O) groups is 3. The molecule has 202 valence electrons.